The molecular weight excluding hydrogens is 569 g/mol. The fourth-order valence-electron chi connectivity index (χ4n) is 7.23. The average Bonchev–Trinajstić information content (AvgIpc) is 3.61. The third-order valence-corrected chi connectivity index (χ3v) is 9.29. The molecule has 0 bridgehead atoms. The van der Waals surface area contributed by atoms with E-state index in [0.717, 1.165) is 37.9 Å². The maximum absolute atomic E-state index is 9.56. The molecule has 0 saturated carbocycles. The second-order valence-corrected chi connectivity index (χ2v) is 11.8. The van der Waals surface area contributed by atoms with Crippen molar-refractivity contribution in [1.29, 1.82) is 0 Å². The molecular formula is C46H28O. The third kappa shape index (κ3) is 3.90. The van der Waals surface area contributed by atoms with Crippen molar-refractivity contribution >= 4 is 64.8 Å². The van der Waals surface area contributed by atoms with Gasteiger partial charge < -0.3 is 4.42 Å². The molecule has 0 N–H and O–H groups in total. The molecule has 0 fully saturated rings. The van der Waals surface area contributed by atoms with Crippen LogP contribution in [0.2, 0.25) is 0 Å². The molecule has 0 spiro atoms. The maximum Gasteiger partial charge on any atom is 0.143 e. The lowest BCUT2D eigenvalue weighted by Crippen LogP contribution is -1.92. The highest BCUT2D eigenvalue weighted by Crippen LogP contribution is 2.50. The van der Waals surface area contributed by atoms with Crippen molar-refractivity contribution in [2.24, 2.45) is 0 Å². The number of hydrogen-bond donors (Lipinski definition) is 0. The Morgan fingerprint density at radius 1 is 0.383 bits per heavy atom. The van der Waals surface area contributed by atoms with Gasteiger partial charge in [-0.15, -0.1) is 0 Å². The summed E-state index contributed by atoms with van der Waals surface area (Å²) in [7, 11) is 0. The first kappa shape index (κ1) is 19.4. The highest BCUT2D eigenvalue weighted by atomic mass is 16.3. The molecule has 0 atom stereocenters. The first-order valence-corrected chi connectivity index (χ1v) is 15.5. The summed E-state index contributed by atoms with van der Waals surface area (Å²) in [6.45, 7) is 0. The van der Waals surface area contributed by atoms with Crippen molar-refractivity contribution in [3.8, 4) is 33.6 Å². The van der Waals surface area contributed by atoms with E-state index in [1.165, 1.54) is 0 Å². The minimum Gasteiger partial charge on any atom is -0.455 e. The Labute approximate surface area is 283 Å². The van der Waals surface area contributed by atoms with Crippen LogP contribution in [-0.4, -0.2) is 0 Å². The molecule has 1 aromatic heterocycles. The quantitative estimate of drug-likeness (QED) is 0.144. The van der Waals surface area contributed by atoms with Crippen LogP contribution in [0.3, 0.4) is 0 Å². The summed E-state index contributed by atoms with van der Waals surface area (Å²) in [6, 6.07) is 35.9. The molecule has 1 heterocycles. The minimum absolute atomic E-state index is 0.143. The first-order chi connectivity index (χ1) is 26.7. The van der Waals surface area contributed by atoms with Crippen LogP contribution >= 0.6 is 0 Å². The molecule has 0 aliphatic heterocycles. The number of para-hydroxylation sites is 1. The first-order valence-electron chi connectivity index (χ1n) is 19.5. The van der Waals surface area contributed by atoms with Gasteiger partial charge in [-0.3, -0.25) is 0 Å². The molecule has 0 aliphatic carbocycles. The van der Waals surface area contributed by atoms with Crippen molar-refractivity contribution in [3.63, 3.8) is 0 Å². The molecule has 1 heteroatoms. The maximum atomic E-state index is 9.56. The number of rotatable bonds is 3. The zero-order valence-corrected chi connectivity index (χ0v) is 25.0. The normalized spacial score (nSPS) is 14.2. The van der Waals surface area contributed by atoms with Crippen LogP contribution in [0.5, 0.6) is 0 Å². The van der Waals surface area contributed by atoms with Gasteiger partial charge in [0.05, 0.1) is 11.0 Å². The number of hydrogen-bond acceptors (Lipinski definition) is 1. The molecule has 0 saturated heterocycles. The van der Waals surface area contributed by atoms with E-state index in [1.54, 1.807) is 0 Å². The van der Waals surface area contributed by atoms with Gasteiger partial charge in [0.15, 0.2) is 0 Å². The van der Waals surface area contributed by atoms with Gasteiger partial charge in [-0.1, -0.05) is 158 Å². The Morgan fingerprint density at radius 3 is 1.64 bits per heavy atom. The standard InChI is InChI=1S/C46H28O/c1-3-15-33-29(12-1)14-11-22-39(33)46-45(40-21-9-10-23-42(40)47-46)44-37-19-7-5-17-35(37)43(36-18-6-8-20-38(36)44)32-27-26-31-25-24-30-13-2-4-16-34(30)41(31)28-32/h1-28H/i5D,6D,7D,8D,17D,18D,19D,20D. The van der Waals surface area contributed by atoms with Gasteiger partial charge in [-0.2, -0.15) is 0 Å². The molecule has 47 heavy (non-hydrogen) atoms. The van der Waals surface area contributed by atoms with Gasteiger partial charge in [-0.05, 0) is 77.1 Å². The lowest BCUT2D eigenvalue weighted by Gasteiger charge is -2.18. The van der Waals surface area contributed by atoms with Crippen molar-refractivity contribution in [2.75, 3.05) is 0 Å². The lowest BCUT2D eigenvalue weighted by atomic mass is 9.84. The average molecular weight is 605 g/mol. The summed E-state index contributed by atoms with van der Waals surface area (Å²) < 4.78 is 80.6. The molecule has 0 amide bonds. The predicted molar refractivity (Wildman–Crippen MR) is 200 cm³/mol. The predicted octanol–water partition coefficient (Wildman–Crippen LogP) is 13.2. The zero-order valence-electron chi connectivity index (χ0n) is 33.0. The van der Waals surface area contributed by atoms with E-state index < -0.39 is 24.2 Å². The van der Waals surface area contributed by atoms with E-state index in [1.807, 2.05) is 121 Å². The summed E-state index contributed by atoms with van der Waals surface area (Å²) in [5.74, 6) is 0.422. The van der Waals surface area contributed by atoms with Crippen molar-refractivity contribution in [2.45, 2.75) is 0 Å². The fourth-order valence-corrected chi connectivity index (χ4v) is 7.23. The molecule has 0 aliphatic rings. The fraction of sp³-hybridized carbons (Fsp3) is 0. The van der Waals surface area contributed by atoms with Crippen LogP contribution < -0.4 is 0 Å². The monoisotopic (exact) mass is 604 g/mol. The molecule has 9 aromatic carbocycles. The SMILES string of the molecule is [2H]c1c([2H])c([2H])c2c(-c3c(-c4cccc5ccccc45)oc4ccccc34)c3c([2H])c([2H])c([2H])c([2H])c3c(-c3ccc4ccc5ccccc5c4c3)c2c1[2H]. The molecule has 10 rings (SSSR count). The smallest absolute Gasteiger partial charge is 0.143 e. The summed E-state index contributed by atoms with van der Waals surface area (Å²) in [5, 5.41) is 6.97. The van der Waals surface area contributed by atoms with Crippen LogP contribution in [0.15, 0.2) is 174 Å². The van der Waals surface area contributed by atoms with E-state index in [0.29, 0.717) is 33.4 Å². The Morgan fingerprint density at radius 2 is 0.915 bits per heavy atom. The summed E-state index contributed by atoms with van der Waals surface area (Å²) in [4.78, 5) is 0. The van der Waals surface area contributed by atoms with Gasteiger partial charge >= 0.3 is 0 Å². The van der Waals surface area contributed by atoms with Crippen molar-refractivity contribution in [3.05, 3.63) is 170 Å². The highest BCUT2D eigenvalue weighted by molar-refractivity contribution is 6.26. The molecule has 1 nitrogen and oxygen atoms in total. The van der Waals surface area contributed by atoms with E-state index in [4.69, 9.17) is 9.90 Å². The topological polar surface area (TPSA) is 13.1 Å². The summed E-state index contributed by atoms with van der Waals surface area (Å²) in [5.41, 5.74) is 2.86. The largest absolute Gasteiger partial charge is 0.455 e. The van der Waals surface area contributed by atoms with Crippen molar-refractivity contribution in [1.82, 2.24) is 0 Å². The number of fused-ring (bicyclic) bond motifs is 7. The molecule has 0 unspecified atom stereocenters. The third-order valence-electron chi connectivity index (χ3n) is 9.29. The van der Waals surface area contributed by atoms with E-state index >= 15 is 0 Å². The van der Waals surface area contributed by atoms with Crippen LogP contribution in [0.4, 0.5) is 0 Å². The Kier molecular flexibility index (Phi) is 4.19. The second kappa shape index (κ2) is 10.2. The van der Waals surface area contributed by atoms with Gasteiger partial charge in [0, 0.05) is 22.1 Å². The van der Waals surface area contributed by atoms with Gasteiger partial charge in [0.25, 0.3) is 0 Å². The lowest BCUT2D eigenvalue weighted by molar-refractivity contribution is 0.633. The Balaban J connectivity index is 1.49. The van der Waals surface area contributed by atoms with Crippen LogP contribution in [-0.2, 0) is 0 Å². The van der Waals surface area contributed by atoms with Crippen LogP contribution in [0.25, 0.3) is 98.4 Å². The van der Waals surface area contributed by atoms with Crippen molar-refractivity contribution < 1.29 is 15.4 Å². The minimum atomic E-state index is -0.450. The summed E-state index contributed by atoms with van der Waals surface area (Å²) >= 11 is 0. The van der Waals surface area contributed by atoms with Crippen LogP contribution in [0.1, 0.15) is 11.0 Å². The van der Waals surface area contributed by atoms with Gasteiger partial charge in [0.1, 0.15) is 11.3 Å². The van der Waals surface area contributed by atoms with Gasteiger partial charge in [-0.25, -0.2) is 0 Å². The zero-order chi connectivity index (χ0) is 37.9. The molecule has 0 radical (unpaired) electrons. The number of benzene rings is 9. The highest BCUT2D eigenvalue weighted by Gasteiger charge is 2.24. The second-order valence-electron chi connectivity index (χ2n) is 11.8. The number of furan rings is 1. The van der Waals surface area contributed by atoms with Crippen LogP contribution in [0, 0.1) is 0 Å². The van der Waals surface area contributed by atoms with E-state index in [2.05, 4.69) is 0 Å². The Hall–Kier alpha value is -6.18. The van der Waals surface area contributed by atoms with E-state index in [9.17, 15) is 5.48 Å². The van der Waals surface area contributed by atoms with Gasteiger partial charge in [0.2, 0.25) is 0 Å². The summed E-state index contributed by atoms with van der Waals surface area (Å²) in [6.07, 6.45) is 0. The molecule has 10 aromatic rings. The molecule has 218 valence electrons. The Bertz CT molecular complexity index is 3220. The van der Waals surface area contributed by atoms with E-state index in [-0.39, 0.29) is 51.3 Å².